The van der Waals surface area contributed by atoms with Gasteiger partial charge in [0.25, 0.3) is 0 Å². The number of sulfonamides is 1. The van der Waals surface area contributed by atoms with Crippen LogP contribution in [-0.4, -0.2) is 23.4 Å². The van der Waals surface area contributed by atoms with E-state index in [0.717, 1.165) is 6.07 Å². The van der Waals surface area contributed by atoms with E-state index >= 15 is 0 Å². The van der Waals surface area contributed by atoms with Gasteiger partial charge >= 0.3 is 0 Å². The van der Waals surface area contributed by atoms with Gasteiger partial charge in [-0.25, -0.2) is 22.5 Å². The van der Waals surface area contributed by atoms with Crippen molar-refractivity contribution >= 4 is 27.2 Å². The molecule has 1 aromatic heterocycles. The predicted octanol–water partition coefficient (Wildman–Crippen LogP) is 1.22. The van der Waals surface area contributed by atoms with Crippen LogP contribution in [-0.2, 0) is 10.0 Å². The average Bonchev–Trinajstić information content (AvgIpc) is 2.91. The van der Waals surface area contributed by atoms with E-state index in [4.69, 9.17) is 18.0 Å². The molecule has 0 saturated carbocycles. The maximum absolute atomic E-state index is 13.8. The molecule has 0 amide bonds. The molecule has 0 aliphatic rings. The predicted molar refractivity (Wildman–Crippen MR) is 79.6 cm³/mol. The summed E-state index contributed by atoms with van der Waals surface area (Å²) in [5, 5.41) is 0. The molecule has 1 aromatic carbocycles. The molecule has 0 aliphatic heterocycles. The molecule has 0 saturated heterocycles. The Kier molecular flexibility index (Phi) is 4.35. The minimum Gasteiger partial charge on any atom is -0.389 e. The van der Waals surface area contributed by atoms with Gasteiger partial charge in [-0.15, -0.1) is 0 Å². The van der Waals surface area contributed by atoms with Gasteiger partial charge in [-0.3, -0.25) is 0 Å². The summed E-state index contributed by atoms with van der Waals surface area (Å²) >= 11 is 4.73. The maximum Gasteiger partial charge on any atom is 0.242 e. The van der Waals surface area contributed by atoms with Crippen molar-refractivity contribution in [1.29, 1.82) is 0 Å². The highest BCUT2D eigenvalue weighted by molar-refractivity contribution is 7.89. The molecule has 1 atom stereocenters. The van der Waals surface area contributed by atoms with Crippen LogP contribution in [0.1, 0.15) is 24.4 Å². The molecular formula is C12H13FN4O2S2. The zero-order chi connectivity index (χ0) is 15.6. The van der Waals surface area contributed by atoms with Crippen molar-refractivity contribution in [3.63, 3.8) is 0 Å². The number of nitrogens with zero attached hydrogens (tertiary/aromatic N) is 1. The standard InChI is InChI=1S/C12H13FN4O2S2/c1-7(12-15-5-6-16-12)17-21(18,19)9-4-2-3-8(13)10(9)11(14)20/h2-7,17H,1H3,(H2,14,20)(H,15,16). The summed E-state index contributed by atoms with van der Waals surface area (Å²) in [6.07, 6.45) is 3.07. The lowest BCUT2D eigenvalue weighted by atomic mass is 10.2. The Labute approximate surface area is 126 Å². The molecule has 112 valence electrons. The fraction of sp³-hybridized carbons (Fsp3) is 0.167. The number of nitrogens with two attached hydrogens (primary N) is 1. The molecule has 2 rings (SSSR count). The van der Waals surface area contributed by atoms with E-state index in [9.17, 15) is 12.8 Å². The molecule has 6 nitrogen and oxygen atoms in total. The second kappa shape index (κ2) is 5.88. The molecular weight excluding hydrogens is 315 g/mol. The first-order valence-corrected chi connectivity index (χ1v) is 7.82. The highest BCUT2D eigenvalue weighted by Crippen LogP contribution is 2.21. The highest BCUT2D eigenvalue weighted by Gasteiger charge is 2.25. The third kappa shape index (κ3) is 3.26. The summed E-state index contributed by atoms with van der Waals surface area (Å²) in [7, 11) is -4.00. The highest BCUT2D eigenvalue weighted by atomic mass is 32.2. The number of rotatable bonds is 5. The molecule has 1 heterocycles. The van der Waals surface area contributed by atoms with Crippen LogP contribution >= 0.6 is 12.2 Å². The third-order valence-corrected chi connectivity index (χ3v) is 4.56. The second-order valence-corrected chi connectivity index (χ2v) is 6.42. The van der Waals surface area contributed by atoms with Crippen molar-refractivity contribution in [3.8, 4) is 0 Å². The van der Waals surface area contributed by atoms with Crippen LogP contribution in [0.5, 0.6) is 0 Å². The Morgan fingerprint density at radius 3 is 2.81 bits per heavy atom. The lowest BCUT2D eigenvalue weighted by molar-refractivity contribution is 0.558. The number of H-pyrrole nitrogens is 1. The molecule has 0 fully saturated rings. The van der Waals surface area contributed by atoms with Crippen LogP contribution in [0.3, 0.4) is 0 Å². The molecule has 0 bridgehead atoms. The third-order valence-electron chi connectivity index (χ3n) is 2.77. The zero-order valence-corrected chi connectivity index (χ0v) is 12.6. The number of hydrogen-bond acceptors (Lipinski definition) is 4. The van der Waals surface area contributed by atoms with Crippen LogP contribution < -0.4 is 10.5 Å². The molecule has 21 heavy (non-hydrogen) atoms. The van der Waals surface area contributed by atoms with E-state index in [-0.39, 0.29) is 15.4 Å². The normalized spacial score (nSPS) is 13.0. The zero-order valence-electron chi connectivity index (χ0n) is 11.0. The van der Waals surface area contributed by atoms with Gasteiger partial charge in [0.2, 0.25) is 10.0 Å². The van der Waals surface area contributed by atoms with E-state index in [1.807, 2.05) is 0 Å². The number of aromatic amines is 1. The first-order chi connectivity index (χ1) is 9.83. The van der Waals surface area contributed by atoms with Gasteiger partial charge in [0, 0.05) is 12.4 Å². The number of hydrogen-bond donors (Lipinski definition) is 3. The van der Waals surface area contributed by atoms with Gasteiger partial charge < -0.3 is 10.7 Å². The summed E-state index contributed by atoms with van der Waals surface area (Å²) in [5.74, 6) is -0.345. The molecule has 0 radical (unpaired) electrons. The fourth-order valence-corrected chi connectivity index (χ4v) is 3.54. The van der Waals surface area contributed by atoms with Gasteiger partial charge in [0.05, 0.1) is 16.5 Å². The van der Waals surface area contributed by atoms with Crippen LogP contribution in [0.25, 0.3) is 0 Å². The SMILES string of the molecule is CC(NS(=O)(=O)c1cccc(F)c1C(N)=S)c1ncc[nH]1. The summed E-state index contributed by atoms with van der Waals surface area (Å²) in [6, 6.07) is 3.01. The van der Waals surface area contributed by atoms with E-state index < -0.39 is 21.9 Å². The number of benzene rings is 1. The van der Waals surface area contributed by atoms with Crippen molar-refractivity contribution in [2.24, 2.45) is 5.73 Å². The molecule has 0 spiro atoms. The van der Waals surface area contributed by atoms with Gasteiger partial charge in [0.1, 0.15) is 16.6 Å². The number of nitrogens with one attached hydrogen (secondary N) is 2. The summed E-state index contributed by atoms with van der Waals surface area (Å²) < 4.78 is 40.9. The van der Waals surface area contributed by atoms with Crippen LogP contribution in [0.15, 0.2) is 35.5 Å². The van der Waals surface area contributed by atoms with Crippen molar-refractivity contribution < 1.29 is 12.8 Å². The van der Waals surface area contributed by atoms with Crippen molar-refractivity contribution in [2.75, 3.05) is 0 Å². The second-order valence-electron chi connectivity index (χ2n) is 4.29. The maximum atomic E-state index is 13.8. The molecule has 4 N–H and O–H groups in total. The molecule has 0 aliphatic carbocycles. The monoisotopic (exact) mass is 328 g/mol. The van der Waals surface area contributed by atoms with Crippen LogP contribution in [0.4, 0.5) is 4.39 Å². The Morgan fingerprint density at radius 2 is 2.24 bits per heavy atom. The molecule has 9 heteroatoms. The Morgan fingerprint density at radius 1 is 1.52 bits per heavy atom. The molecule has 1 unspecified atom stereocenters. The van der Waals surface area contributed by atoms with Crippen molar-refractivity contribution in [3.05, 3.63) is 47.8 Å². The van der Waals surface area contributed by atoms with Crippen LogP contribution in [0.2, 0.25) is 0 Å². The summed E-state index contributed by atoms with van der Waals surface area (Å²) in [5.41, 5.74) is 5.12. The minimum atomic E-state index is -4.00. The van der Waals surface area contributed by atoms with Gasteiger partial charge in [-0.1, -0.05) is 18.3 Å². The minimum absolute atomic E-state index is 0.298. The number of thiocarbonyl (C=S) groups is 1. The lowest BCUT2D eigenvalue weighted by Gasteiger charge is -2.14. The largest absolute Gasteiger partial charge is 0.389 e. The fourth-order valence-electron chi connectivity index (χ4n) is 1.83. The van der Waals surface area contributed by atoms with Crippen LogP contribution in [0, 0.1) is 5.82 Å². The smallest absolute Gasteiger partial charge is 0.242 e. The molecule has 2 aromatic rings. The van der Waals surface area contributed by atoms with Gasteiger partial charge in [-0.05, 0) is 19.1 Å². The number of halogens is 1. The van der Waals surface area contributed by atoms with Crippen molar-refractivity contribution in [2.45, 2.75) is 17.9 Å². The quantitative estimate of drug-likeness (QED) is 0.717. The van der Waals surface area contributed by atoms with Crippen molar-refractivity contribution in [1.82, 2.24) is 14.7 Å². The number of imidazole rings is 1. The van der Waals surface area contributed by atoms with E-state index in [0.29, 0.717) is 5.82 Å². The average molecular weight is 328 g/mol. The first kappa shape index (κ1) is 15.5. The van der Waals surface area contributed by atoms with Gasteiger partial charge in [-0.2, -0.15) is 0 Å². The topological polar surface area (TPSA) is 101 Å². The Hall–Kier alpha value is -1.84. The first-order valence-electron chi connectivity index (χ1n) is 5.93. The summed E-state index contributed by atoms with van der Waals surface area (Å²) in [6.45, 7) is 1.61. The lowest BCUT2D eigenvalue weighted by Crippen LogP contribution is -2.30. The Balaban J connectivity index is 2.41. The number of aromatic nitrogens is 2. The van der Waals surface area contributed by atoms with Gasteiger partial charge in [0.15, 0.2) is 0 Å². The summed E-state index contributed by atoms with van der Waals surface area (Å²) in [4.78, 5) is 6.14. The van der Waals surface area contributed by atoms with E-state index in [1.165, 1.54) is 18.3 Å². The van der Waals surface area contributed by atoms with E-state index in [1.54, 1.807) is 13.1 Å². The Bertz CT molecular complexity index is 760. The van der Waals surface area contributed by atoms with E-state index in [2.05, 4.69) is 14.7 Å².